The van der Waals surface area contributed by atoms with Crippen molar-refractivity contribution in [2.75, 3.05) is 18.4 Å². The van der Waals surface area contributed by atoms with Crippen LogP contribution in [0.3, 0.4) is 0 Å². The van der Waals surface area contributed by atoms with Crippen molar-refractivity contribution in [1.82, 2.24) is 9.78 Å². The van der Waals surface area contributed by atoms with Gasteiger partial charge in [0, 0.05) is 19.4 Å². The summed E-state index contributed by atoms with van der Waals surface area (Å²) in [4.78, 5) is 0.277. The van der Waals surface area contributed by atoms with Gasteiger partial charge in [0.15, 0.2) is 5.82 Å². The lowest BCUT2D eigenvalue weighted by Gasteiger charge is -2.22. The minimum atomic E-state index is -3.69. The molecule has 0 fully saturated rings. The zero-order valence-corrected chi connectivity index (χ0v) is 14.7. The number of rotatable bonds is 6. The lowest BCUT2D eigenvalue weighted by molar-refractivity contribution is 0.183. The number of anilines is 1. The number of hydrogen-bond donors (Lipinski definition) is 1. The Morgan fingerprint density at radius 1 is 1.22 bits per heavy atom. The van der Waals surface area contributed by atoms with Crippen LogP contribution in [0.15, 0.2) is 41.4 Å². The van der Waals surface area contributed by atoms with Gasteiger partial charge in [0.2, 0.25) is 0 Å². The maximum Gasteiger partial charge on any atom is 0.263 e. The van der Waals surface area contributed by atoms with Crippen LogP contribution in [0.25, 0.3) is 0 Å². The third kappa shape index (κ3) is 4.33. The second-order valence-corrected chi connectivity index (χ2v) is 7.96. The summed E-state index contributed by atoms with van der Waals surface area (Å²) >= 11 is 0. The molecule has 2 rings (SSSR count). The Labute approximate surface area is 137 Å². The first kappa shape index (κ1) is 17.5. The van der Waals surface area contributed by atoms with Crippen LogP contribution >= 0.6 is 0 Å². The first-order valence-electron chi connectivity index (χ1n) is 7.39. The maximum atomic E-state index is 12.7. The van der Waals surface area contributed by atoms with Crippen LogP contribution in [0, 0.1) is 0 Å². The Balaban J connectivity index is 2.28. The molecule has 0 aliphatic heterocycles. The van der Waals surface area contributed by atoms with E-state index in [0.29, 0.717) is 19.0 Å². The molecule has 2 aromatic rings. The number of ether oxygens (including phenoxy) is 1. The summed E-state index contributed by atoms with van der Waals surface area (Å²) in [6.45, 7) is 7.04. The molecule has 0 unspecified atom stereocenters. The van der Waals surface area contributed by atoms with Gasteiger partial charge in [0.05, 0.1) is 18.0 Å². The molecule has 7 heteroatoms. The molecular formula is C16H23N3O3S. The van der Waals surface area contributed by atoms with E-state index in [0.717, 1.165) is 5.56 Å². The summed E-state index contributed by atoms with van der Waals surface area (Å²) in [5.74, 6) is 0.296. The van der Waals surface area contributed by atoms with Gasteiger partial charge in [-0.15, -0.1) is 0 Å². The Kier molecular flexibility index (Phi) is 5.11. The molecule has 1 N–H and O–H groups in total. The van der Waals surface area contributed by atoms with E-state index in [1.54, 1.807) is 36.2 Å². The van der Waals surface area contributed by atoms with Crippen molar-refractivity contribution in [3.05, 3.63) is 42.1 Å². The van der Waals surface area contributed by atoms with E-state index in [9.17, 15) is 8.42 Å². The fourth-order valence-corrected chi connectivity index (χ4v) is 3.65. The third-order valence-corrected chi connectivity index (χ3v) is 4.80. The maximum absolute atomic E-state index is 12.7. The zero-order chi connectivity index (χ0) is 17.1. The molecule has 126 valence electrons. The lowest BCUT2D eigenvalue weighted by atomic mass is 9.87. The predicted molar refractivity (Wildman–Crippen MR) is 90.1 cm³/mol. The number of methoxy groups -OCH3 is 1. The average molecular weight is 337 g/mol. The highest BCUT2D eigenvalue weighted by Crippen LogP contribution is 2.29. The van der Waals surface area contributed by atoms with Gasteiger partial charge in [-0.2, -0.15) is 5.10 Å². The Morgan fingerprint density at radius 3 is 2.57 bits per heavy atom. The van der Waals surface area contributed by atoms with Crippen molar-refractivity contribution in [2.24, 2.45) is 0 Å². The fraction of sp³-hybridized carbons (Fsp3) is 0.438. The summed E-state index contributed by atoms with van der Waals surface area (Å²) in [7, 11) is -2.08. The molecule has 1 heterocycles. The Hall–Kier alpha value is -1.86. The fourth-order valence-electron chi connectivity index (χ4n) is 2.24. The average Bonchev–Trinajstić information content (AvgIpc) is 2.91. The van der Waals surface area contributed by atoms with Crippen LogP contribution in [-0.2, 0) is 26.7 Å². The standard InChI is InChI=1S/C16H23N3O3S/c1-16(2,3)13-7-5-6-8-14(13)23(20,21)18-15-9-10-19(17-15)11-12-22-4/h5-10H,11-12H2,1-4H3,(H,17,18). The molecule has 0 aliphatic rings. The minimum Gasteiger partial charge on any atom is -0.383 e. The number of nitrogens with one attached hydrogen (secondary N) is 1. The van der Waals surface area contributed by atoms with Gasteiger partial charge < -0.3 is 4.74 Å². The molecule has 1 aromatic heterocycles. The van der Waals surface area contributed by atoms with Crippen molar-refractivity contribution < 1.29 is 13.2 Å². The molecular weight excluding hydrogens is 314 g/mol. The molecule has 0 bridgehead atoms. The number of sulfonamides is 1. The molecule has 0 saturated carbocycles. The Bertz CT molecular complexity index is 761. The first-order valence-corrected chi connectivity index (χ1v) is 8.87. The SMILES string of the molecule is COCCn1ccc(NS(=O)(=O)c2ccccc2C(C)(C)C)n1. The van der Waals surface area contributed by atoms with E-state index in [-0.39, 0.29) is 10.3 Å². The Morgan fingerprint density at radius 2 is 1.91 bits per heavy atom. The van der Waals surface area contributed by atoms with Crippen LogP contribution in [0.2, 0.25) is 0 Å². The van der Waals surface area contributed by atoms with Gasteiger partial charge in [-0.1, -0.05) is 39.0 Å². The first-order chi connectivity index (χ1) is 10.7. The summed E-state index contributed by atoms with van der Waals surface area (Å²) in [6, 6.07) is 8.66. The number of benzene rings is 1. The van der Waals surface area contributed by atoms with Crippen LogP contribution in [0.5, 0.6) is 0 Å². The summed E-state index contributed by atoms with van der Waals surface area (Å²) in [5, 5.41) is 4.20. The van der Waals surface area contributed by atoms with Crippen LogP contribution in [0.4, 0.5) is 5.82 Å². The molecule has 1 aromatic carbocycles. The smallest absolute Gasteiger partial charge is 0.263 e. The summed E-state index contributed by atoms with van der Waals surface area (Å²) < 4.78 is 34.6. The number of hydrogen-bond acceptors (Lipinski definition) is 4. The van der Waals surface area contributed by atoms with Crippen LogP contribution in [0.1, 0.15) is 26.3 Å². The highest BCUT2D eigenvalue weighted by Gasteiger charge is 2.25. The highest BCUT2D eigenvalue weighted by atomic mass is 32.2. The van der Waals surface area contributed by atoms with Crippen molar-refractivity contribution in [3.8, 4) is 0 Å². The highest BCUT2D eigenvalue weighted by molar-refractivity contribution is 7.92. The van der Waals surface area contributed by atoms with E-state index in [4.69, 9.17) is 4.74 Å². The van der Waals surface area contributed by atoms with Crippen molar-refractivity contribution in [2.45, 2.75) is 37.6 Å². The molecule has 23 heavy (non-hydrogen) atoms. The lowest BCUT2D eigenvalue weighted by Crippen LogP contribution is -2.21. The topological polar surface area (TPSA) is 73.2 Å². The van der Waals surface area contributed by atoms with Gasteiger partial charge in [-0.3, -0.25) is 9.40 Å². The van der Waals surface area contributed by atoms with Gasteiger partial charge in [0.25, 0.3) is 10.0 Å². The predicted octanol–water partition coefficient (Wildman–Crippen LogP) is 2.63. The van der Waals surface area contributed by atoms with Crippen molar-refractivity contribution in [1.29, 1.82) is 0 Å². The van der Waals surface area contributed by atoms with Crippen LogP contribution < -0.4 is 4.72 Å². The summed E-state index contributed by atoms with van der Waals surface area (Å²) in [5.41, 5.74) is 0.495. The van der Waals surface area contributed by atoms with Gasteiger partial charge in [0.1, 0.15) is 0 Å². The van der Waals surface area contributed by atoms with Gasteiger partial charge in [-0.05, 0) is 17.0 Å². The molecule has 0 spiro atoms. The second kappa shape index (κ2) is 6.72. The van der Waals surface area contributed by atoms with Crippen molar-refractivity contribution in [3.63, 3.8) is 0 Å². The van der Waals surface area contributed by atoms with E-state index in [2.05, 4.69) is 9.82 Å². The van der Waals surface area contributed by atoms with Gasteiger partial charge in [-0.25, -0.2) is 8.42 Å². The molecule has 0 radical (unpaired) electrons. The van der Waals surface area contributed by atoms with E-state index >= 15 is 0 Å². The van der Waals surface area contributed by atoms with E-state index in [1.807, 2.05) is 32.9 Å². The quantitative estimate of drug-likeness (QED) is 0.879. The van der Waals surface area contributed by atoms with Gasteiger partial charge >= 0.3 is 0 Å². The summed E-state index contributed by atoms with van der Waals surface area (Å²) in [6.07, 6.45) is 1.71. The third-order valence-electron chi connectivity index (χ3n) is 3.39. The minimum absolute atomic E-state index is 0.275. The molecule has 0 aliphatic carbocycles. The number of nitrogens with zero attached hydrogens (tertiary/aromatic N) is 2. The largest absolute Gasteiger partial charge is 0.383 e. The molecule has 0 atom stereocenters. The number of aromatic nitrogens is 2. The van der Waals surface area contributed by atoms with Crippen LogP contribution in [-0.4, -0.2) is 31.9 Å². The molecule has 0 saturated heterocycles. The second-order valence-electron chi connectivity index (χ2n) is 6.31. The zero-order valence-electron chi connectivity index (χ0n) is 13.9. The molecule has 0 amide bonds. The molecule has 6 nitrogen and oxygen atoms in total. The monoisotopic (exact) mass is 337 g/mol. The van der Waals surface area contributed by atoms with E-state index in [1.165, 1.54) is 0 Å². The van der Waals surface area contributed by atoms with Crippen molar-refractivity contribution >= 4 is 15.8 Å². The normalized spacial score (nSPS) is 12.3. The van der Waals surface area contributed by atoms with E-state index < -0.39 is 10.0 Å².